The second-order valence-electron chi connectivity index (χ2n) is 7.13. The first-order valence-electron chi connectivity index (χ1n) is 8.54. The molecule has 0 aliphatic carbocycles. The smallest absolute Gasteiger partial charge is 0.277 e. The number of hydrogen-bond donors (Lipinski definition) is 1. The minimum atomic E-state index is -0.382. The fraction of sp³-hybridized carbons (Fsp3) is 0.389. The molecule has 142 valence electrons. The number of nitrogens with zero attached hydrogens (tertiary/aromatic N) is 5. The number of anilines is 1. The average Bonchev–Trinajstić information content (AvgIpc) is 3.27. The predicted molar refractivity (Wildman–Crippen MR) is 103 cm³/mol. The Balaban J connectivity index is 1.55. The molecule has 1 aromatic carbocycles. The van der Waals surface area contributed by atoms with Crippen molar-refractivity contribution in [3.05, 3.63) is 48.4 Å². The molecule has 0 aliphatic heterocycles. The number of hydrogen-bond acceptors (Lipinski definition) is 7. The molecule has 0 bridgehead atoms. The molecular formula is C18H22N6O2S. The van der Waals surface area contributed by atoms with E-state index >= 15 is 0 Å². The molecule has 1 unspecified atom stereocenters. The fourth-order valence-corrected chi connectivity index (χ4v) is 3.01. The standard InChI is InChI=1S/C18H22N6O2S/c1-12(16(25)21-14-7-5-13(6-8-14)18(2,3)4)27-17-23-22-15(26-17)9-24-11-19-10-20-24/h5-8,10-12H,9H2,1-4H3,(H,21,25). The van der Waals surface area contributed by atoms with Gasteiger partial charge in [0, 0.05) is 5.69 Å². The van der Waals surface area contributed by atoms with Gasteiger partial charge in [-0.25, -0.2) is 9.67 Å². The van der Waals surface area contributed by atoms with Gasteiger partial charge in [-0.15, -0.1) is 10.2 Å². The zero-order valence-corrected chi connectivity index (χ0v) is 16.5. The van der Waals surface area contributed by atoms with Crippen molar-refractivity contribution in [2.45, 2.75) is 50.1 Å². The van der Waals surface area contributed by atoms with Gasteiger partial charge in [0.2, 0.25) is 11.8 Å². The second-order valence-corrected chi connectivity index (χ2v) is 8.42. The lowest BCUT2D eigenvalue weighted by Crippen LogP contribution is -2.22. The number of rotatable bonds is 6. The van der Waals surface area contributed by atoms with Crippen LogP contribution in [0.4, 0.5) is 5.69 Å². The summed E-state index contributed by atoms with van der Waals surface area (Å²) in [6.45, 7) is 8.60. The Kier molecular flexibility index (Phi) is 5.59. The molecule has 0 saturated heterocycles. The van der Waals surface area contributed by atoms with E-state index in [4.69, 9.17) is 4.42 Å². The topological polar surface area (TPSA) is 98.7 Å². The van der Waals surface area contributed by atoms with Crippen molar-refractivity contribution in [3.63, 3.8) is 0 Å². The molecule has 27 heavy (non-hydrogen) atoms. The lowest BCUT2D eigenvalue weighted by Gasteiger charge is -2.19. The van der Waals surface area contributed by atoms with Crippen molar-refractivity contribution in [1.29, 1.82) is 0 Å². The van der Waals surface area contributed by atoms with E-state index in [9.17, 15) is 4.79 Å². The quantitative estimate of drug-likeness (QED) is 0.650. The largest absolute Gasteiger partial charge is 0.414 e. The molecule has 0 radical (unpaired) electrons. The van der Waals surface area contributed by atoms with Crippen molar-refractivity contribution >= 4 is 23.4 Å². The Morgan fingerprint density at radius 3 is 2.63 bits per heavy atom. The van der Waals surface area contributed by atoms with Gasteiger partial charge in [-0.3, -0.25) is 4.79 Å². The summed E-state index contributed by atoms with van der Waals surface area (Å²) in [5, 5.41) is 14.8. The summed E-state index contributed by atoms with van der Waals surface area (Å²) >= 11 is 1.21. The molecule has 2 aromatic heterocycles. The van der Waals surface area contributed by atoms with Crippen LogP contribution >= 0.6 is 11.8 Å². The summed E-state index contributed by atoms with van der Waals surface area (Å²) in [6, 6.07) is 7.89. The van der Waals surface area contributed by atoms with Crippen molar-refractivity contribution < 1.29 is 9.21 Å². The highest BCUT2D eigenvalue weighted by molar-refractivity contribution is 8.00. The Bertz CT molecular complexity index is 883. The summed E-state index contributed by atoms with van der Waals surface area (Å²) in [4.78, 5) is 16.3. The first-order valence-corrected chi connectivity index (χ1v) is 9.42. The lowest BCUT2D eigenvalue weighted by atomic mass is 9.87. The summed E-state index contributed by atoms with van der Waals surface area (Å²) in [7, 11) is 0. The maximum absolute atomic E-state index is 12.4. The second kappa shape index (κ2) is 7.91. The zero-order chi connectivity index (χ0) is 19.4. The normalized spacial score (nSPS) is 12.7. The van der Waals surface area contributed by atoms with Crippen LogP contribution < -0.4 is 5.32 Å². The summed E-state index contributed by atoms with van der Waals surface area (Å²) in [6.07, 6.45) is 3.00. The molecular weight excluding hydrogens is 364 g/mol. The maximum Gasteiger partial charge on any atom is 0.277 e. The molecule has 2 heterocycles. The number of aromatic nitrogens is 5. The molecule has 1 amide bonds. The third-order valence-electron chi connectivity index (χ3n) is 3.88. The average molecular weight is 386 g/mol. The molecule has 8 nitrogen and oxygen atoms in total. The van der Waals surface area contributed by atoms with Gasteiger partial charge < -0.3 is 9.73 Å². The maximum atomic E-state index is 12.4. The van der Waals surface area contributed by atoms with Crippen molar-refractivity contribution in [2.24, 2.45) is 0 Å². The molecule has 0 fully saturated rings. The van der Waals surface area contributed by atoms with Crippen molar-refractivity contribution in [1.82, 2.24) is 25.0 Å². The Morgan fingerprint density at radius 1 is 1.26 bits per heavy atom. The Labute approximate surface area is 161 Å². The number of thioether (sulfide) groups is 1. The predicted octanol–water partition coefficient (Wildman–Crippen LogP) is 3.13. The van der Waals surface area contributed by atoms with Gasteiger partial charge in [0.1, 0.15) is 19.2 Å². The highest BCUT2D eigenvalue weighted by Crippen LogP contribution is 2.25. The highest BCUT2D eigenvalue weighted by Gasteiger charge is 2.19. The van der Waals surface area contributed by atoms with Crippen LogP contribution in [0, 0.1) is 0 Å². The Hall–Kier alpha value is -2.68. The van der Waals surface area contributed by atoms with Gasteiger partial charge in [-0.2, -0.15) is 5.10 Å². The zero-order valence-electron chi connectivity index (χ0n) is 15.7. The van der Waals surface area contributed by atoms with Crippen LogP contribution in [-0.4, -0.2) is 36.1 Å². The molecule has 1 atom stereocenters. The van der Waals surface area contributed by atoms with Crippen LogP contribution in [0.5, 0.6) is 0 Å². The van der Waals surface area contributed by atoms with E-state index in [1.165, 1.54) is 23.7 Å². The third-order valence-corrected chi connectivity index (χ3v) is 4.81. The van der Waals surface area contributed by atoms with E-state index in [2.05, 4.69) is 46.4 Å². The summed E-state index contributed by atoms with van der Waals surface area (Å²) in [5.74, 6) is 0.285. The van der Waals surface area contributed by atoms with Crippen LogP contribution in [-0.2, 0) is 16.8 Å². The number of carbonyl (C=O) groups excluding carboxylic acids is 1. The van der Waals surface area contributed by atoms with E-state index in [-0.39, 0.29) is 16.6 Å². The monoisotopic (exact) mass is 386 g/mol. The van der Waals surface area contributed by atoms with Gasteiger partial charge in [0.15, 0.2) is 0 Å². The summed E-state index contributed by atoms with van der Waals surface area (Å²) in [5.41, 5.74) is 2.06. The minimum Gasteiger partial charge on any atom is -0.414 e. The van der Waals surface area contributed by atoms with E-state index < -0.39 is 0 Å². The molecule has 1 N–H and O–H groups in total. The van der Waals surface area contributed by atoms with E-state index in [1.807, 2.05) is 24.3 Å². The first kappa shape index (κ1) is 19.1. The van der Waals surface area contributed by atoms with Crippen molar-refractivity contribution in [3.8, 4) is 0 Å². The molecule has 3 aromatic rings. The van der Waals surface area contributed by atoms with Crippen LogP contribution in [0.3, 0.4) is 0 Å². The van der Waals surface area contributed by atoms with Gasteiger partial charge in [-0.05, 0) is 30.0 Å². The third kappa shape index (κ3) is 5.16. The van der Waals surface area contributed by atoms with E-state index in [0.717, 1.165) is 5.69 Å². The van der Waals surface area contributed by atoms with Crippen LogP contribution in [0.2, 0.25) is 0 Å². The first-order chi connectivity index (χ1) is 12.8. The highest BCUT2D eigenvalue weighted by atomic mass is 32.2. The van der Waals surface area contributed by atoms with Gasteiger partial charge in [0.25, 0.3) is 5.22 Å². The van der Waals surface area contributed by atoms with Crippen LogP contribution in [0.25, 0.3) is 0 Å². The van der Waals surface area contributed by atoms with Gasteiger partial charge in [0.05, 0.1) is 5.25 Å². The Morgan fingerprint density at radius 2 is 2.00 bits per heavy atom. The van der Waals surface area contributed by atoms with Crippen LogP contribution in [0.1, 0.15) is 39.1 Å². The number of carbonyl (C=O) groups is 1. The van der Waals surface area contributed by atoms with Gasteiger partial charge in [-0.1, -0.05) is 44.7 Å². The fourth-order valence-electron chi connectivity index (χ4n) is 2.30. The molecule has 0 saturated carbocycles. The van der Waals surface area contributed by atoms with Crippen molar-refractivity contribution in [2.75, 3.05) is 5.32 Å². The molecule has 0 aliphatic rings. The summed E-state index contributed by atoms with van der Waals surface area (Å²) < 4.78 is 7.14. The number of benzene rings is 1. The minimum absolute atomic E-state index is 0.0770. The molecule has 0 spiro atoms. The number of nitrogens with one attached hydrogen (secondary N) is 1. The van der Waals surface area contributed by atoms with Crippen LogP contribution in [0.15, 0.2) is 46.6 Å². The van der Waals surface area contributed by atoms with Gasteiger partial charge >= 0.3 is 0 Å². The molecule has 3 rings (SSSR count). The van der Waals surface area contributed by atoms with E-state index in [1.54, 1.807) is 17.9 Å². The molecule has 9 heteroatoms. The lowest BCUT2D eigenvalue weighted by molar-refractivity contribution is -0.115. The SMILES string of the molecule is CC(Sc1nnc(Cn2cncn2)o1)C(=O)Nc1ccc(C(C)(C)C)cc1. The number of amides is 1. The van der Waals surface area contributed by atoms with E-state index in [0.29, 0.717) is 17.7 Å².